The standard InChI is InChI=1S/C13H25N/c1-4-11(2)14-12(3)13-9-7-5-6-8-10-13/h4,11-14H,1,5-10H2,2-3H3/t11?,12-/m0/s1. The van der Waals surface area contributed by atoms with E-state index >= 15 is 0 Å². The Morgan fingerprint density at radius 2 is 1.71 bits per heavy atom. The first-order chi connectivity index (χ1) is 6.74. The zero-order valence-electron chi connectivity index (χ0n) is 9.76. The molecular formula is C13H25N. The van der Waals surface area contributed by atoms with Gasteiger partial charge in [-0.25, -0.2) is 0 Å². The van der Waals surface area contributed by atoms with E-state index in [0.29, 0.717) is 12.1 Å². The molecule has 0 radical (unpaired) electrons. The molecule has 82 valence electrons. The predicted octanol–water partition coefficient (Wildman–Crippen LogP) is 3.51. The monoisotopic (exact) mass is 195 g/mol. The topological polar surface area (TPSA) is 12.0 Å². The lowest BCUT2D eigenvalue weighted by atomic mass is 9.92. The summed E-state index contributed by atoms with van der Waals surface area (Å²) in [4.78, 5) is 0. The van der Waals surface area contributed by atoms with Gasteiger partial charge in [-0.15, -0.1) is 6.58 Å². The van der Waals surface area contributed by atoms with Crippen molar-refractivity contribution in [1.29, 1.82) is 0 Å². The average molecular weight is 195 g/mol. The van der Waals surface area contributed by atoms with Gasteiger partial charge >= 0.3 is 0 Å². The van der Waals surface area contributed by atoms with Crippen molar-refractivity contribution in [2.24, 2.45) is 5.92 Å². The maximum Gasteiger partial charge on any atom is 0.0221 e. The molecule has 1 fully saturated rings. The summed E-state index contributed by atoms with van der Waals surface area (Å²) < 4.78 is 0. The third-order valence-corrected chi connectivity index (χ3v) is 3.49. The molecule has 0 bridgehead atoms. The molecule has 2 atom stereocenters. The van der Waals surface area contributed by atoms with Crippen LogP contribution in [0.25, 0.3) is 0 Å². The molecule has 0 aromatic rings. The molecule has 0 aliphatic heterocycles. The minimum absolute atomic E-state index is 0.452. The van der Waals surface area contributed by atoms with Crippen molar-refractivity contribution in [3.05, 3.63) is 12.7 Å². The first-order valence-electron chi connectivity index (χ1n) is 6.12. The fourth-order valence-corrected chi connectivity index (χ4v) is 2.43. The number of nitrogens with one attached hydrogen (secondary N) is 1. The SMILES string of the molecule is C=CC(C)N[C@@H](C)C1CCCCCC1. The van der Waals surface area contributed by atoms with Crippen LogP contribution in [0.1, 0.15) is 52.4 Å². The zero-order chi connectivity index (χ0) is 10.4. The summed E-state index contributed by atoms with van der Waals surface area (Å²) in [5.41, 5.74) is 0. The van der Waals surface area contributed by atoms with Crippen LogP contribution in [0.3, 0.4) is 0 Å². The summed E-state index contributed by atoms with van der Waals surface area (Å²) in [6.45, 7) is 8.32. The Hall–Kier alpha value is -0.300. The van der Waals surface area contributed by atoms with Gasteiger partial charge in [0.15, 0.2) is 0 Å². The van der Waals surface area contributed by atoms with E-state index in [-0.39, 0.29) is 0 Å². The second kappa shape index (κ2) is 6.23. The number of hydrogen-bond donors (Lipinski definition) is 1. The lowest BCUT2D eigenvalue weighted by molar-refractivity contribution is 0.328. The van der Waals surface area contributed by atoms with Crippen molar-refractivity contribution in [1.82, 2.24) is 5.32 Å². The normalized spacial score (nSPS) is 23.9. The van der Waals surface area contributed by atoms with Gasteiger partial charge in [0, 0.05) is 12.1 Å². The van der Waals surface area contributed by atoms with Crippen LogP contribution in [0.4, 0.5) is 0 Å². The number of hydrogen-bond acceptors (Lipinski definition) is 1. The van der Waals surface area contributed by atoms with E-state index < -0.39 is 0 Å². The summed E-state index contributed by atoms with van der Waals surface area (Å²) in [6.07, 6.45) is 10.6. The average Bonchev–Trinajstić information content (AvgIpc) is 2.45. The summed E-state index contributed by atoms with van der Waals surface area (Å²) in [5.74, 6) is 0.889. The van der Waals surface area contributed by atoms with Gasteiger partial charge in [0.1, 0.15) is 0 Å². The smallest absolute Gasteiger partial charge is 0.0221 e. The number of rotatable bonds is 4. The van der Waals surface area contributed by atoms with Crippen molar-refractivity contribution in [2.75, 3.05) is 0 Å². The molecule has 1 rings (SSSR count). The van der Waals surface area contributed by atoms with Gasteiger partial charge < -0.3 is 5.32 Å². The van der Waals surface area contributed by atoms with Crippen molar-refractivity contribution < 1.29 is 0 Å². The van der Waals surface area contributed by atoms with Gasteiger partial charge in [0.05, 0.1) is 0 Å². The Kier molecular flexibility index (Phi) is 5.24. The fraction of sp³-hybridized carbons (Fsp3) is 0.846. The summed E-state index contributed by atoms with van der Waals surface area (Å²) in [5, 5.41) is 3.61. The predicted molar refractivity (Wildman–Crippen MR) is 63.4 cm³/mol. The van der Waals surface area contributed by atoms with E-state index in [2.05, 4.69) is 25.7 Å². The highest BCUT2D eigenvalue weighted by molar-refractivity contribution is 4.85. The van der Waals surface area contributed by atoms with Crippen LogP contribution in [0.5, 0.6) is 0 Å². The Morgan fingerprint density at radius 1 is 1.14 bits per heavy atom. The molecule has 1 unspecified atom stereocenters. The molecule has 0 aromatic carbocycles. The third-order valence-electron chi connectivity index (χ3n) is 3.49. The summed E-state index contributed by atoms with van der Waals surface area (Å²) in [6, 6.07) is 1.11. The Morgan fingerprint density at radius 3 is 2.21 bits per heavy atom. The lowest BCUT2D eigenvalue weighted by Crippen LogP contribution is -2.38. The first kappa shape index (κ1) is 11.8. The largest absolute Gasteiger partial charge is 0.308 e. The maximum absolute atomic E-state index is 3.81. The third kappa shape index (κ3) is 3.83. The zero-order valence-corrected chi connectivity index (χ0v) is 9.76. The highest BCUT2D eigenvalue weighted by atomic mass is 14.9. The molecule has 1 nitrogen and oxygen atoms in total. The van der Waals surface area contributed by atoms with Gasteiger partial charge in [-0.1, -0.05) is 31.8 Å². The van der Waals surface area contributed by atoms with Crippen molar-refractivity contribution >= 4 is 0 Å². The van der Waals surface area contributed by atoms with Crippen molar-refractivity contribution in [3.63, 3.8) is 0 Å². The van der Waals surface area contributed by atoms with E-state index in [4.69, 9.17) is 0 Å². The van der Waals surface area contributed by atoms with Gasteiger partial charge in [-0.3, -0.25) is 0 Å². The molecular weight excluding hydrogens is 170 g/mol. The molecule has 0 saturated heterocycles. The molecule has 1 heteroatoms. The molecule has 0 spiro atoms. The minimum atomic E-state index is 0.452. The van der Waals surface area contributed by atoms with Gasteiger partial charge in [-0.05, 0) is 32.6 Å². The molecule has 1 N–H and O–H groups in total. The van der Waals surface area contributed by atoms with Crippen LogP contribution in [0.2, 0.25) is 0 Å². The first-order valence-corrected chi connectivity index (χ1v) is 6.12. The molecule has 1 aliphatic carbocycles. The second-order valence-electron chi connectivity index (χ2n) is 4.73. The van der Waals surface area contributed by atoms with E-state index in [1.807, 2.05) is 6.08 Å². The maximum atomic E-state index is 3.81. The molecule has 1 aliphatic rings. The summed E-state index contributed by atoms with van der Waals surface area (Å²) in [7, 11) is 0. The molecule has 0 amide bonds. The van der Waals surface area contributed by atoms with Crippen LogP contribution < -0.4 is 5.32 Å². The van der Waals surface area contributed by atoms with Crippen LogP contribution in [0.15, 0.2) is 12.7 Å². The van der Waals surface area contributed by atoms with E-state index in [1.54, 1.807) is 0 Å². The van der Waals surface area contributed by atoms with Crippen LogP contribution in [-0.4, -0.2) is 12.1 Å². The molecule has 14 heavy (non-hydrogen) atoms. The van der Waals surface area contributed by atoms with E-state index in [9.17, 15) is 0 Å². The highest BCUT2D eigenvalue weighted by Gasteiger charge is 2.19. The van der Waals surface area contributed by atoms with Crippen molar-refractivity contribution in [2.45, 2.75) is 64.5 Å². The van der Waals surface area contributed by atoms with E-state index in [0.717, 1.165) is 5.92 Å². The Balaban J connectivity index is 2.33. The van der Waals surface area contributed by atoms with Crippen LogP contribution in [-0.2, 0) is 0 Å². The summed E-state index contributed by atoms with van der Waals surface area (Å²) >= 11 is 0. The second-order valence-corrected chi connectivity index (χ2v) is 4.73. The highest BCUT2D eigenvalue weighted by Crippen LogP contribution is 2.25. The van der Waals surface area contributed by atoms with Gasteiger partial charge in [0.25, 0.3) is 0 Å². The molecule has 0 heterocycles. The molecule has 1 saturated carbocycles. The molecule has 0 aromatic heterocycles. The van der Waals surface area contributed by atoms with E-state index in [1.165, 1.54) is 38.5 Å². The van der Waals surface area contributed by atoms with Crippen molar-refractivity contribution in [3.8, 4) is 0 Å². The Labute approximate surface area is 89.0 Å². The quantitative estimate of drug-likeness (QED) is 0.534. The fourth-order valence-electron chi connectivity index (χ4n) is 2.43. The van der Waals surface area contributed by atoms with Crippen LogP contribution in [0, 0.1) is 5.92 Å². The Bertz CT molecular complexity index is 157. The van der Waals surface area contributed by atoms with Crippen LogP contribution >= 0.6 is 0 Å². The van der Waals surface area contributed by atoms with Gasteiger partial charge in [0.2, 0.25) is 0 Å². The minimum Gasteiger partial charge on any atom is -0.308 e. The lowest BCUT2D eigenvalue weighted by Gasteiger charge is -2.25. The van der Waals surface area contributed by atoms with Gasteiger partial charge in [-0.2, -0.15) is 0 Å².